The zero-order chi connectivity index (χ0) is 10.7. The predicted molar refractivity (Wildman–Crippen MR) is 57.0 cm³/mol. The van der Waals surface area contributed by atoms with Gasteiger partial charge in [-0.05, 0) is 37.0 Å². The van der Waals surface area contributed by atoms with Crippen molar-refractivity contribution in [3.05, 3.63) is 47.3 Å². The normalized spacial score (nSPS) is 16.3. The number of hydrogen-bond acceptors (Lipinski definition) is 1. The minimum Gasteiger partial charge on any atom is -0.295 e. The van der Waals surface area contributed by atoms with Gasteiger partial charge < -0.3 is 0 Å². The lowest BCUT2D eigenvalue weighted by molar-refractivity contribution is -0.115. The fourth-order valence-electron chi connectivity index (χ4n) is 1.89. The molecule has 1 nitrogen and oxygen atoms in total. The summed E-state index contributed by atoms with van der Waals surface area (Å²) in [5.41, 5.74) is 1.73. The molecular formula is C13H13FO. The second-order valence-electron chi connectivity index (χ2n) is 3.89. The summed E-state index contributed by atoms with van der Waals surface area (Å²) in [6.45, 7) is 0. The largest absolute Gasteiger partial charge is 0.295 e. The Morgan fingerprint density at radius 2 is 2.00 bits per heavy atom. The van der Waals surface area contributed by atoms with Crippen molar-refractivity contribution < 1.29 is 9.18 Å². The van der Waals surface area contributed by atoms with Gasteiger partial charge in [0.2, 0.25) is 0 Å². The van der Waals surface area contributed by atoms with Gasteiger partial charge in [0.15, 0.2) is 5.78 Å². The van der Waals surface area contributed by atoms with E-state index in [-0.39, 0.29) is 11.6 Å². The first-order chi connectivity index (χ1) is 7.25. The van der Waals surface area contributed by atoms with Gasteiger partial charge in [-0.25, -0.2) is 4.39 Å². The molecular weight excluding hydrogens is 191 g/mol. The number of ketones is 1. The number of carbonyl (C=O) groups is 1. The van der Waals surface area contributed by atoms with Crippen molar-refractivity contribution in [1.82, 2.24) is 0 Å². The van der Waals surface area contributed by atoms with Gasteiger partial charge in [-0.3, -0.25) is 4.79 Å². The molecule has 1 aromatic carbocycles. The number of rotatable bonds is 2. The molecule has 1 aliphatic carbocycles. The summed E-state index contributed by atoms with van der Waals surface area (Å²) in [4.78, 5) is 11.2. The number of halogens is 1. The Morgan fingerprint density at radius 3 is 2.73 bits per heavy atom. The average molecular weight is 204 g/mol. The van der Waals surface area contributed by atoms with Gasteiger partial charge in [0.1, 0.15) is 5.82 Å². The van der Waals surface area contributed by atoms with Gasteiger partial charge in [0, 0.05) is 6.42 Å². The third-order valence-electron chi connectivity index (χ3n) is 2.66. The maximum atomic E-state index is 13.3. The monoisotopic (exact) mass is 204 g/mol. The van der Waals surface area contributed by atoms with Crippen molar-refractivity contribution in [3.8, 4) is 0 Å². The summed E-state index contributed by atoms with van der Waals surface area (Å²) in [6.07, 6.45) is 4.70. The van der Waals surface area contributed by atoms with Gasteiger partial charge in [0.05, 0.1) is 0 Å². The highest BCUT2D eigenvalue weighted by atomic mass is 19.1. The highest BCUT2D eigenvalue weighted by Crippen LogP contribution is 2.20. The molecule has 0 N–H and O–H groups in total. The molecule has 1 aromatic rings. The van der Waals surface area contributed by atoms with Crippen molar-refractivity contribution in [3.63, 3.8) is 0 Å². The first-order valence-corrected chi connectivity index (χ1v) is 5.21. The van der Waals surface area contributed by atoms with Gasteiger partial charge in [-0.15, -0.1) is 0 Å². The van der Waals surface area contributed by atoms with Crippen LogP contribution >= 0.6 is 0 Å². The first-order valence-electron chi connectivity index (χ1n) is 5.21. The van der Waals surface area contributed by atoms with Crippen molar-refractivity contribution in [2.45, 2.75) is 25.7 Å². The number of hydrogen-bond donors (Lipinski definition) is 0. The van der Waals surface area contributed by atoms with Crippen LogP contribution in [0.3, 0.4) is 0 Å². The van der Waals surface area contributed by atoms with Crippen molar-refractivity contribution in [2.24, 2.45) is 0 Å². The van der Waals surface area contributed by atoms with Gasteiger partial charge in [0.25, 0.3) is 0 Å². The Labute approximate surface area is 88.6 Å². The lowest BCUT2D eigenvalue weighted by atomic mass is 9.93. The van der Waals surface area contributed by atoms with E-state index in [1.807, 2.05) is 6.07 Å². The summed E-state index contributed by atoms with van der Waals surface area (Å²) in [6, 6.07) is 6.73. The molecule has 0 heterocycles. The molecule has 0 amide bonds. The second kappa shape index (κ2) is 4.39. The Balaban J connectivity index is 2.15. The molecule has 0 aromatic heterocycles. The number of benzene rings is 1. The van der Waals surface area contributed by atoms with Crippen LogP contribution in [0.2, 0.25) is 0 Å². The lowest BCUT2D eigenvalue weighted by Gasteiger charge is -2.12. The van der Waals surface area contributed by atoms with Crippen LogP contribution in [0.1, 0.15) is 24.8 Å². The molecule has 0 spiro atoms. The molecule has 2 heteroatoms. The molecule has 1 aliphatic rings. The van der Waals surface area contributed by atoms with E-state index in [2.05, 4.69) is 0 Å². The summed E-state index contributed by atoms with van der Waals surface area (Å²) in [5.74, 6) is -0.0102. The lowest BCUT2D eigenvalue weighted by Crippen LogP contribution is -2.05. The second-order valence-corrected chi connectivity index (χ2v) is 3.89. The summed E-state index contributed by atoms with van der Waals surface area (Å²) in [7, 11) is 0. The van der Waals surface area contributed by atoms with Crippen LogP contribution in [0, 0.1) is 5.82 Å². The van der Waals surface area contributed by atoms with Crippen LogP contribution in [0.5, 0.6) is 0 Å². The summed E-state index contributed by atoms with van der Waals surface area (Å²) >= 11 is 0. The first kappa shape index (κ1) is 10.1. The van der Waals surface area contributed by atoms with E-state index in [9.17, 15) is 9.18 Å². The zero-order valence-corrected chi connectivity index (χ0v) is 8.50. The van der Waals surface area contributed by atoms with E-state index in [0.717, 1.165) is 18.4 Å². The average Bonchev–Trinajstić information content (AvgIpc) is 2.22. The Bertz CT molecular complexity index is 407. The zero-order valence-electron chi connectivity index (χ0n) is 8.50. The third kappa shape index (κ3) is 2.52. The fraction of sp³-hybridized carbons (Fsp3) is 0.308. The van der Waals surface area contributed by atoms with Crippen molar-refractivity contribution in [1.29, 1.82) is 0 Å². The molecule has 0 bridgehead atoms. The molecule has 15 heavy (non-hydrogen) atoms. The molecule has 0 unspecified atom stereocenters. The topological polar surface area (TPSA) is 17.1 Å². The fourth-order valence-corrected chi connectivity index (χ4v) is 1.89. The van der Waals surface area contributed by atoms with E-state index < -0.39 is 0 Å². The molecule has 78 valence electrons. The summed E-state index contributed by atoms with van der Waals surface area (Å²) < 4.78 is 13.3. The highest BCUT2D eigenvalue weighted by Gasteiger charge is 2.11. The number of carbonyl (C=O) groups excluding carboxylic acids is 1. The SMILES string of the molecule is O=C1C=C(Cc2ccccc2F)CCC1. The predicted octanol–water partition coefficient (Wildman–Crippen LogP) is 3.05. The maximum absolute atomic E-state index is 13.3. The summed E-state index contributed by atoms with van der Waals surface area (Å²) in [5, 5.41) is 0. The Hall–Kier alpha value is -1.44. The van der Waals surface area contributed by atoms with Crippen LogP contribution in [-0.4, -0.2) is 5.78 Å². The van der Waals surface area contributed by atoms with E-state index >= 15 is 0 Å². The van der Waals surface area contributed by atoms with E-state index in [0.29, 0.717) is 18.4 Å². The van der Waals surface area contributed by atoms with E-state index in [1.165, 1.54) is 6.07 Å². The molecule has 0 saturated carbocycles. The van der Waals surface area contributed by atoms with Crippen LogP contribution in [0.25, 0.3) is 0 Å². The van der Waals surface area contributed by atoms with Crippen molar-refractivity contribution >= 4 is 5.78 Å². The minimum atomic E-state index is -0.184. The smallest absolute Gasteiger partial charge is 0.155 e. The van der Waals surface area contributed by atoms with Crippen LogP contribution in [0.4, 0.5) is 4.39 Å². The minimum absolute atomic E-state index is 0.174. The Kier molecular flexibility index (Phi) is 2.95. The van der Waals surface area contributed by atoms with Gasteiger partial charge in [-0.1, -0.05) is 23.8 Å². The van der Waals surface area contributed by atoms with Gasteiger partial charge in [-0.2, -0.15) is 0 Å². The standard InChI is InChI=1S/C13H13FO/c14-13-7-2-1-5-11(13)8-10-4-3-6-12(15)9-10/h1-2,5,7,9H,3-4,6,8H2. The molecule has 0 radical (unpaired) electrons. The van der Waals surface area contributed by atoms with E-state index in [4.69, 9.17) is 0 Å². The Morgan fingerprint density at radius 1 is 1.20 bits per heavy atom. The molecule has 2 rings (SSSR count). The molecule has 0 saturated heterocycles. The van der Waals surface area contributed by atoms with Crippen LogP contribution in [0.15, 0.2) is 35.9 Å². The van der Waals surface area contributed by atoms with E-state index in [1.54, 1.807) is 18.2 Å². The third-order valence-corrected chi connectivity index (χ3v) is 2.66. The molecule has 0 aliphatic heterocycles. The van der Waals surface area contributed by atoms with Crippen LogP contribution < -0.4 is 0 Å². The number of allylic oxidation sites excluding steroid dienone is 2. The molecule has 0 fully saturated rings. The maximum Gasteiger partial charge on any atom is 0.155 e. The van der Waals surface area contributed by atoms with Crippen LogP contribution in [-0.2, 0) is 11.2 Å². The molecule has 0 atom stereocenters. The van der Waals surface area contributed by atoms with Gasteiger partial charge >= 0.3 is 0 Å². The van der Waals surface area contributed by atoms with Crippen molar-refractivity contribution in [2.75, 3.05) is 0 Å². The highest BCUT2D eigenvalue weighted by molar-refractivity contribution is 5.91. The quantitative estimate of drug-likeness (QED) is 0.723.